The first-order valence-electron chi connectivity index (χ1n) is 5.85. The minimum absolute atomic E-state index is 0.0656. The van der Waals surface area contributed by atoms with Gasteiger partial charge in [-0.2, -0.15) is 0 Å². The number of thiophene rings is 1. The molecule has 1 aliphatic carbocycles. The molecule has 0 unspecified atom stereocenters. The van der Waals surface area contributed by atoms with Crippen molar-refractivity contribution in [3.8, 4) is 5.75 Å². The van der Waals surface area contributed by atoms with Crippen LogP contribution in [0.3, 0.4) is 0 Å². The van der Waals surface area contributed by atoms with Crippen LogP contribution in [0.25, 0.3) is 0 Å². The monoisotopic (exact) mass is 254 g/mol. The van der Waals surface area contributed by atoms with Crippen LogP contribution in [0, 0.1) is 0 Å². The Morgan fingerprint density at radius 3 is 2.88 bits per heavy atom. The van der Waals surface area contributed by atoms with E-state index in [1.54, 1.807) is 7.11 Å². The highest BCUT2D eigenvalue weighted by Crippen LogP contribution is 2.31. The Hall–Kier alpha value is -1.07. The molecule has 0 aliphatic heterocycles. The lowest BCUT2D eigenvalue weighted by Gasteiger charge is -2.28. The Bertz CT molecular complexity index is 397. The molecule has 5 heteroatoms. The zero-order chi connectivity index (χ0) is 12.3. The summed E-state index contributed by atoms with van der Waals surface area (Å²) < 4.78 is 5.16. The van der Waals surface area contributed by atoms with Gasteiger partial charge in [-0.1, -0.05) is 12.8 Å². The van der Waals surface area contributed by atoms with Crippen molar-refractivity contribution in [2.45, 2.75) is 31.2 Å². The second-order valence-corrected chi connectivity index (χ2v) is 5.38. The molecule has 1 aromatic rings. The van der Waals surface area contributed by atoms with Crippen molar-refractivity contribution in [2.24, 2.45) is 5.73 Å². The number of nitrogens with one attached hydrogen (secondary N) is 1. The van der Waals surface area contributed by atoms with Gasteiger partial charge in [0.25, 0.3) is 5.91 Å². The van der Waals surface area contributed by atoms with E-state index in [9.17, 15) is 4.79 Å². The summed E-state index contributed by atoms with van der Waals surface area (Å²) in [7, 11) is 1.58. The molecule has 3 N–H and O–H groups in total. The summed E-state index contributed by atoms with van der Waals surface area (Å²) in [4.78, 5) is 12.8. The Morgan fingerprint density at radius 1 is 1.59 bits per heavy atom. The summed E-state index contributed by atoms with van der Waals surface area (Å²) >= 11 is 1.40. The maximum absolute atomic E-state index is 12.2. The molecule has 1 heterocycles. The number of ether oxygens (including phenoxy) is 1. The molecule has 0 atom stereocenters. The molecule has 2 rings (SSSR count). The maximum Gasteiger partial charge on any atom is 0.265 e. The number of hydrogen-bond donors (Lipinski definition) is 2. The molecule has 0 radical (unpaired) electrons. The summed E-state index contributed by atoms with van der Waals surface area (Å²) in [6, 6.07) is 1.81. The highest BCUT2D eigenvalue weighted by Gasteiger charge is 2.34. The molecule has 1 saturated carbocycles. The summed E-state index contributed by atoms with van der Waals surface area (Å²) in [6.45, 7) is 0.506. The van der Waals surface area contributed by atoms with Crippen LogP contribution in [-0.2, 0) is 0 Å². The van der Waals surface area contributed by atoms with Crippen LogP contribution in [0.15, 0.2) is 11.4 Å². The van der Waals surface area contributed by atoms with Gasteiger partial charge in [-0.05, 0) is 24.3 Å². The standard InChI is InChI=1S/C12H18N2O2S/c1-16-9-4-7-17-10(9)11(15)14-12(8-13)5-2-3-6-12/h4,7H,2-3,5-6,8,13H2,1H3,(H,14,15). The van der Waals surface area contributed by atoms with Crippen LogP contribution in [0.4, 0.5) is 0 Å². The van der Waals surface area contributed by atoms with Gasteiger partial charge >= 0.3 is 0 Å². The Morgan fingerprint density at radius 2 is 2.29 bits per heavy atom. The lowest BCUT2D eigenvalue weighted by Crippen LogP contribution is -2.51. The van der Waals surface area contributed by atoms with E-state index < -0.39 is 0 Å². The van der Waals surface area contributed by atoms with Gasteiger partial charge < -0.3 is 15.8 Å². The van der Waals surface area contributed by atoms with Crippen molar-refractivity contribution in [3.05, 3.63) is 16.3 Å². The second kappa shape index (κ2) is 5.06. The van der Waals surface area contributed by atoms with Gasteiger partial charge in [0.2, 0.25) is 0 Å². The van der Waals surface area contributed by atoms with Crippen molar-refractivity contribution < 1.29 is 9.53 Å². The maximum atomic E-state index is 12.2. The lowest BCUT2D eigenvalue weighted by molar-refractivity contribution is 0.0904. The summed E-state index contributed by atoms with van der Waals surface area (Å²) in [5, 5.41) is 4.94. The van der Waals surface area contributed by atoms with Gasteiger partial charge in [0.15, 0.2) is 0 Å². The third kappa shape index (κ3) is 2.45. The molecule has 4 nitrogen and oxygen atoms in total. The largest absolute Gasteiger partial charge is 0.495 e. The van der Waals surface area contributed by atoms with E-state index in [1.165, 1.54) is 11.3 Å². The van der Waals surface area contributed by atoms with Crippen LogP contribution in [-0.4, -0.2) is 25.1 Å². The number of nitrogens with two attached hydrogens (primary N) is 1. The fourth-order valence-corrected chi connectivity index (χ4v) is 3.11. The van der Waals surface area contributed by atoms with E-state index in [-0.39, 0.29) is 11.4 Å². The van der Waals surface area contributed by atoms with Gasteiger partial charge in [-0.3, -0.25) is 4.79 Å². The van der Waals surface area contributed by atoms with Crippen molar-refractivity contribution in [1.29, 1.82) is 0 Å². The normalized spacial score (nSPS) is 18.0. The van der Waals surface area contributed by atoms with Gasteiger partial charge in [0.1, 0.15) is 10.6 Å². The first-order valence-corrected chi connectivity index (χ1v) is 6.73. The minimum atomic E-state index is -0.202. The van der Waals surface area contributed by atoms with E-state index in [0.29, 0.717) is 17.2 Å². The first kappa shape index (κ1) is 12.4. The second-order valence-electron chi connectivity index (χ2n) is 4.46. The summed E-state index contributed by atoms with van der Waals surface area (Å²) in [5.41, 5.74) is 5.60. The predicted octanol–water partition coefficient (Wildman–Crippen LogP) is 1.76. The van der Waals surface area contributed by atoms with Crippen molar-refractivity contribution in [1.82, 2.24) is 5.32 Å². The van der Waals surface area contributed by atoms with Gasteiger partial charge in [0, 0.05) is 6.54 Å². The number of rotatable bonds is 4. The van der Waals surface area contributed by atoms with Crippen LogP contribution in [0.1, 0.15) is 35.4 Å². The van der Waals surface area contributed by atoms with Gasteiger partial charge in [-0.15, -0.1) is 11.3 Å². The zero-order valence-electron chi connectivity index (χ0n) is 9.99. The van der Waals surface area contributed by atoms with E-state index in [2.05, 4.69) is 5.32 Å². The number of amides is 1. The molecule has 0 bridgehead atoms. The Kier molecular flexibility index (Phi) is 3.69. The van der Waals surface area contributed by atoms with Crippen LogP contribution in [0.5, 0.6) is 5.75 Å². The average molecular weight is 254 g/mol. The summed E-state index contributed by atoms with van der Waals surface area (Å²) in [6.07, 6.45) is 4.23. The lowest BCUT2D eigenvalue weighted by atomic mass is 9.98. The molecular formula is C12H18N2O2S. The minimum Gasteiger partial charge on any atom is -0.495 e. The first-order chi connectivity index (χ1) is 8.21. The van der Waals surface area contributed by atoms with Gasteiger partial charge in [-0.25, -0.2) is 0 Å². The number of methoxy groups -OCH3 is 1. The van der Waals surface area contributed by atoms with Gasteiger partial charge in [0.05, 0.1) is 12.6 Å². The fourth-order valence-electron chi connectivity index (χ4n) is 2.35. The molecule has 17 heavy (non-hydrogen) atoms. The van der Waals surface area contributed by atoms with Crippen molar-refractivity contribution in [3.63, 3.8) is 0 Å². The molecular weight excluding hydrogens is 236 g/mol. The van der Waals surface area contributed by atoms with Crippen molar-refractivity contribution >= 4 is 17.2 Å². The quantitative estimate of drug-likeness (QED) is 0.860. The molecule has 0 spiro atoms. The Labute approximate surface area is 105 Å². The molecule has 0 aromatic carbocycles. The molecule has 1 fully saturated rings. The van der Waals surface area contributed by atoms with E-state index in [0.717, 1.165) is 25.7 Å². The summed E-state index contributed by atoms with van der Waals surface area (Å²) in [5.74, 6) is 0.571. The molecule has 1 amide bonds. The number of hydrogen-bond acceptors (Lipinski definition) is 4. The predicted molar refractivity (Wildman–Crippen MR) is 68.6 cm³/mol. The van der Waals surface area contributed by atoms with Crippen LogP contribution >= 0.6 is 11.3 Å². The average Bonchev–Trinajstić information content (AvgIpc) is 2.97. The Balaban J connectivity index is 2.11. The third-order valence-electron chi connectivity index (χ3n) is 3.39. The van der Waals surface area contributed by atoms with E-state index >= 15 is 0 Å². The van der Waals surface area contributed by atoms with Crippen LogP contribution in [0.2, 0.25) is 0 Å². The van der Waals surface area contributed by atoms with E-state index in [4.69, 9.17) is 10.5 Å². The van der Waals surface area contributed by atoms with E-state index in [1.807, 2.05) is 11.4 Å². The number of carbonyl (C=O) groups is 1. The highest BCUT2D eigenvalue weighted by atomic mass is 32.1. The molecule has 1 aromatic heterocycles. The molecule has 1 aliphatic rings. The SMILES string of the molecule is COc1ccsc1C(=O)NC1(CN)CCCC1. The topological polar surface area (TPSA) is 64.3 Å². The molecule has 94 valence electrons. The fraction of sp³-hybridized carbons (Fsp3) is 0.583. The highest BCUT2D eigenvalue weighted by molar-refractivity contribution is 7.12. The van der Waals surface area contributed by atoms with Crippen molar-refractivity contribution in [2.75, 3.05) is 13.7 Å². The number of carbonyl (C=O) groups excluding carboxylic acids is 1. The third-order valence-corrected chi connectivity index (χ3v) is 4.28. The van der Waals surface area contributed by atoms with Crippen LogP contribution < -0.4 is 15.8 Å². The smallest absolute Gasteiger partial charge is 0.265 e. The molecule has 0 saturated heterocycles. The zero-order valence-corrected chi connectivity index (χ0v) is 10.8.